The lowest BCUT2D eigenvalue weighted by atomic mass is 9.85. The maximum Gasteiger partial charge on any atom is 0.136 e. The van der Waals surface area contributed by atoms with Gasteiger partial charge >= 0.3 is 0 Å². The molecule has 0 radical (unpaired) electrons. The minimum atomic E-state index is -0.735. The number of furan rings is 1. The Bertz CT molecular complexity index is 3350. The van der Waals surface area contributed by atoms with Crippen molar-refractivity contribution in [3.63, 3.8) is 0 Å². The van der Waals surface area contributed by atoms with Crippen molar-refractivity contribution in [3.8, 4) is 33.4 Å². The van der Waals surface area contributed by atoms with Crippen LogP contribution < -0.4 is 0 Å². The van der Waals surface area contributed by atoms with Crippen LogP contribution in [0.25, 0.3) is 87.6 Å². The van der Waals surface area contributed by atoms with Gasteiger partial charge in [0.2, 0.25) is 0 Å². The van der Waals surface area contributed by atoms with E-state index < -0.39 is 119 Å². The van der Waals surface area contributed by atoms with Crippen LogP contribution in [-0.2, 0) is 0 Å². The predicted octanol–water partition coefficient (Wildman–Crippen LogP) is 12.0. The van der Waals surface area contributed by atoms with Crippen molar-refractivity contribution in [1.29, 1.82) is 0 Å². The third-order valence-electron chi connectivity index (χ3n) is 7.54. The number of fused-ring (bicyclic) bond motifs is 6. The average Bonchev–Trinajstić information content (AvgIpc) is 3.67. The first kappa shape index (κ1) is 12.7. The van der Waals surface area contributed by atoms with Gasteiger partial charge in [0, 0.05) is 10.8 Å². The molecular formula is C42H26O. The van der Waals surface area contributed by atoms with E-state index in [1.54, 1.807) is 24.3 Å². The van der Waals surface area contributed by atoms with Crippen LogP contribution in [0.3, 0.4) is 0 Å². The molecule has 1 heteroatoms. The minimum absolute atomic E-state index is 0.0363. The fourth-order valence-electron chi connectivity index (χ4n) is 5.61. The molecule has 9 aromatic rings. The van der Waals surface area contributed by atoms with Crippen molar-refractivity contribution in [3.05, 3.63) is 157 Å². The zero-order chi connectivity index (χ0) is 43.1. The van der Waals surface area contributed by atoms with Gasteiger partial charge in [0.05, 0.1) is 23.3 Å². The molecule has 200 valence electrons. The predicted molar refractivity (Wildman–Crippen MR) is 183 cm³/mol. The molecule has 0 unspecified atom stereocenters. The average molecular weight is 564 g/mol. The lowest BCUT2D eigenvalue weighted by Gasteiger charge is -2.18. The van der Waals surface area contributed by atoms with E-state index in [9.17, 15) is 11.0 Å². The summed E-state index contributed by atoms with van der Waals surface area (Å²) in [6.45, 7) is 0. The summed E-state index contributed by atoms with van der Waals surface area (Å²) >= 11 is 0. The molecular weight excluding hydrogens is 520 g/mol. The Morgan fingerprint density at radius 3 is 1.53 bits per heavy atom. The van der Waals surface area contributed by atoms with Crippen molar-refractivity contribution >= 4 is 54.3 Å². The second kappa shape index (κ2) is 9.44. The van der Waals surface area contributed by atoms with Crippen LogP contribution >= 0.6 is 0 Å². The van der Waals surface area contributed by atoms with Gasteiger partial charge in [-0.2, -0.15) is 0 Å². The molecule has 0 aliphatic heterocycles. The number of hydrogen-bond donors (Lipinski definition) is 0. The summed E-state index contributed by atoms with van der Waals surface area (Å²) in [5, 5.41) is -2.27. The molecule has 0 bridgehead atoms. The summed E-state index contributed by atoms with van der Waals surface area (Å²) in [6, 6.07) is 5.27. The Morgan fingerprint density at radius 2 is 0.884 bits per heavy atom. The van der Waals surface area contributed by atoms with Crippen molar-refractivity contribution in [2.75, 3.05) is 0 Å². The van der Waals surface area contributed by atoms with E-state index >= 15 is 0 Å². The smallest absolute Gasteiger partial charge is 0.136 e. The van der Waals surface area contributed by atoms with Crippen molar-refractivity contribution in [2.24, 2.45) is 0 Å². The quantitative estimate of drug-likeness (QED) is 0.195. The van der Waals surface area contributed by atoms with Crippen LogP contribution in [0.5, 0.6) is 0 Å². The molecule has 1 aromatic heterocycles. The molecule has 0 N–H and O–H groups in total. The fraction of sp³-hybridized carbons (Fsp3) is 0. The molecule has 0 saturated heterocycles. The molecule has 0 aliphatic carbocycles. The van der Waals surface area contributed by atoms with E-state index in [0.29, 0.717) is 5.56 Å². The highest BCUT2D eigenvalue weighted by atomic mass is 16.3. The van der Waals surface area contributed by atoms with Gasteiger partial charge in [0.25, 0.3) is 0 Å². The van der Waals surface area contributed by atoms with Gasteiger partial charge in [0.15, 0.2) is 0 Å². The van der Waals surface area contributed by atoms with Gasteiger partial charge in [-0.05, 0) is 89.9 Å². The summed E-state index contributed by atoms with van der Waals surface area (Å²) < 4.78 is 158. The molecule has 9 rings (SSSR count). The molecule has 0 spiro atoms. The van der Waals surface area contributed by atoms with Crippen molar-refractivity contribution in [2.45, 2.75) is 0 Å². The van der Waals surface area contributed by atoms with E-state index in [1.807, 2.05) is 30.3 Å². The zero-order valence-electron chi connectivity index (χ0n) is 39.1. The third-order valence-corrected chi connectivity index (χ3v) is 7.54. The second-order valence-corrected chi connectivity index (χ2v) is 9.95. The highest BCUT2D eigenvalue weighted by molar-refractivity contribution is 6.22. The van der Waals surface area contributed by atoms with E-state index in [2.05, 4.69) is 0 Å². The van der Waals surface area contributed by atoms with Crippen LogP contribution in [0.1, 0.15) is 23.3 Å². The Labute approximate surface area is 273 Å². The van der Waals surface area contributed by atoms with E-state index in [4.69, 9.17) is 16.8 Å². The first-order valence-electron chi connectivity index (χ1n) is 21.9. The molecule has 0 atom stereocenters. The number of hydrogen-bond acceptors (Lipinski definition) is 1. The fourth-order valence-corrected chi connectivity index (χ4v) is 5.61. The summed E-state index contributed by atoms with van der Waals surface area (Å²) in [5.41, 5.74) is 0.328. The highest BCUT2D eigenvalue weighted by Gasteiger charge is 2.18. The van der Waals surface area contributed by atoms with Gasteiger partial charge in [-0.25, -0.2) is 0 Å². The number of benzene rings is 8. The first-order chi connectivity index (χ1) is 28.4. The topological polar surface area (TPSA) is 13.1 Å². The second-order valence-electron chi connectivity index (χ2n) is 9.95. The Kier molecular flexibility index (Phi) is 2.79. The molecule has 0 aliphatic rings. The summed E-state index contributed by atoms with van der Waals surface area (Å²) in [4.78, 5) is 0. The standard InChI is InChI=1S/C42H26O/c1-2-10-27(11-3-1)28-18-20-29(21-19-28)41-33-14-6-8-16-35(33)42(36-17-9-7-15-34(36)41)32-22-23-39-37(25-32)38-24-30-12-4-5-13-31(30)26-40(38)43-39/h1-26H/i4D,5D,6D,7D,8D,9D,12D,13D,14D,15D,16D,17D,22D,23D,24D,25D,26D. The van der Waals surface area contributed by atoms with Gasteiger partial charge in [-0.15, -0.1) is 0 Å². The molecule has 0 fully saturated rings. The molecule has 1 heterocycles. The molecule has 8 aromatic carbocycles. The molecule has 1 nitrogen and oxygen atoms in total. The SMILES string of the molecule is [2H]c1c(-c2c3c([2H])c([2H])c([2H])c([2H])c3c(-c3ccc(-c4ccccc4)cc3)c3c([2H])c([2H])c([2H])c([2H])c23)c([2H])c2c(oc3c([2H])c4c([2H])c([2H])c([2H])c([2H])c4c([2H])c32)c1[2H]. The van der Waals surface area contributed by atoms with E-state index in [0.717, 1.165) is 11.1 Å². The van der Waals surface area contributed by atoms with Crippen LogP contribution in [0, 0.1) is 0 Å². The Balaban J connectivity index is 1.53. The van der Waals surface area contributed by atoms with Gasteiger partial charge in [-0.3, -0.25) is 0 Å². The highest BCUT2D eigenvalue weighted by Crippen LogP contribution is 2.45. The lowest BCUT2D eigenvalue weighted by molar-refractivity contribution is 0.669. The molecule has 0 saturated carbocycles. The maximum atomic E-state index is 9.73. The first-order valence-corrected chi connectivity index (χ1v) is 13.4. The van der Waals surface area contributed by atoms with Crippen LogP contribution in [0.4, 0.5) is 0 Å². The van der Waals surface area contributed by atoms with E-state index in [1.165, 1.54) is 0 Å². The normalized spacial score (nSPS) is 17.3. The van der Waals surface area contributed by atoms with Gasteiger partial charge in [0.1, 0.15) is 11.2 Å². The summed E-state index contributed by atoms with van der Waals surface area (Å²) in [5.74, 6) is 0. The van der Waals surface area contributed by atoms with Gasteiger partial charge < -0.3 is 4.42 Å². The van der Waals surface area contributed by atoms with Crippen LogP contribution in [-0.4, -0.2) is 0 Å². The Hall–Kier alpha value is -5.66. The summed E-state index contributed by atoms with van der Waals surface area (Å²) in [7, 11) is 0. The number of rotatable bonds is 3. The van der Waals surface area contributed by atoms with Crippen molar-refractivity contribution in [1.82, 2.24) is 0 Å². The molecule has 43 heavy (non-hydrogen) atoms. The van der Waals surface area contributed by atoms with E-state index in [-0.39, 0.29) is 54.2 Å². The third kappa shape index (κ3) is 3.79. The maximum absolute atomic E-state index is 9.73. The zero-order valence-corrected chi connectivity index (χ0v) is 22.1. The van der Waals surface area contributed by atoms with Crippen LogP contribution in [0.15, 0.2) is 162 Å². The van der Waals surface area contributed by atoms with Crippen LogP contribution in [0.2, 0.25) is 0 Å². The summed E-state index contributed by atoms with van der Waals surface area (Å²) in [6.07, 6.45) is 0. The Morgan fingerprint density at radius 1 is 0.372 bits per heavy atom. The lowest BCUT2D eigenvalue weighted by Crippen LogP contribution is -1.91. The molecule has 0 amide bonds. The largest absolute Gasteiger partial charge is 0.456 e. The monoisotopic (exact) mass is 563 g/mol. The minimum Gasteiger partial charge on any atom is -0.456 e. The van der Waals surface area contributed by atoms with Crippen molar-refractivity contribution < 1.29 is 27.7 Å². The van der Waals surface area contributed by atoms with Gasteiger partial charge in [-0.1, -0.05) is 133 Å².